The van der Waals surface area contributed by atoms with Gasteiger partial charge in [0.25, 0.3) is 0 Å². The van der Waals surface area contributed by atoms with Gasteiger partial charge in [-0.15, -0.1) is 24.8 Å². The van der Waals surface area contributed by atoms with Gasteiger partial charge >= 0.3 is 0 Å². The van der Waals surface area contributed by atoms with Crippen molar-refractivity contribution >= 4 is 36.5 Å². The quantitative estimate of drug-likeness (QED) is 0.815. The Morgan fingerprint density at radius 3 is 2.82 bits per heavy atom. The van der Waals surface area contributed by atoms with Gasteiger partial charge in [0.15, 0.2) is 0 Å². The van der Waals surface area contributed by atoms with Crippen molar-refractivity contribution in [1.82, 2.24) is 15.3 Å². The number of rotatable bonds is 4. The van der Waals surface area contributed by atoms with Gasteiger partial charge in [0.2, 0.25) is 5.91 Å². The highest BCUT2D eigenvalue weighted by Crippen LogP contribution is 2.33. The van der Waals surface area contributed by atoms with Crippen LogP contribution < -0.4 is 15.0 Å². The van der Waals surface area contributed by atoms with Crippen molar-refractivity contribution in [3.05, 3.63) is 46.9 Å². The monoisotopic (exact) mass is 424 g/mol. The number of halogens is 2. The Morgan fingerprint density at radius 1 is 1.29 bits per heavy atom. The molecule has 152 valence electrons. The van der Waals surface area contributed by atoms with E-state index in [9.17, 15) is 4.79 Å². The first-order valence-corrected chi connectivity index (χ1v) is 9.17. The van der Waals surface area contributed by atoms with E-state index in [4.69, 9.17) is 14.7 Å². The van der Waals surface area contributed by atoms with Gasteiger partial charge in [0.05, 0.1) is 20.1 Å². The minimum absolute atomic E-state index is 0. The zero-order valence-corrected chi connectivity index (χ0v) is 17.7. The van der Waals surface area contributed by atoms with E-state index in [2.05, 4.69) is 5.32 Å². The van der Waals surface area contributed by atoms with Crippen LogP contribution in [-0.2, 0) is 17.8 Å². The third-order valence-electron chi connectivity index (χ3n) is 5.23. The number of carbonyl (C=O) groups excluding carboxylic acids is 1. The standard InChI is InChI=1S/C20H24N4O2.2ClH/c1-13-17-10-18(25)24(12-14-5-3-7-16(9-14)26-2)20(17)23-19(22-13)15-6-4-8-21-11-15;;/h3,5,7,9,15,21H,4,6,8,10-12H2,1-2H3;2*1H. The molecule has 0 bridgehead atoms. The van der Waals surface area contributed by atoms with Gasteiger partial charge in [-0.2, -0.15) is 0 Å². The molecule has 3 heterocycles. The number of aromatic nitrogens is 2. The van der Waals surface area contributed by atoms with Crippen LogP contribution in [0.1, 0.15) is 41.4 Å². The molecule has 1 fully saturated rings. The van der Waals surface area contributed by atoms with Gasteiger partial charge in [-0.1, -0.05) is 12.1 Å². The molecule has 2 aliphatic rings. The van der Waals surface area contributed by atoms with E-state index in [0.29, 0.717) is 18.9 Å². The molecule has 0 spiro atoms. The van der Waals surface area contributed by atoms with E-state index in [0.717, 1.165) is 60.1 Å². The highest BCUT2D eigenvalue weighted by atomic mass is 35.5. The zero-order chi connectivity index (χ0) is 18.1. The largest absolute Gasteiger partial charge is 0.497 e. The van der Waals surface area contributed by atoms with Gasteiger partial charge in [-0.05, 0) is 44.0 Å². The summed E-state index contributed by atoms with van der Waals surface area (Å²) in [7, 11) is 1.65. The van der Waals surface area contributed by atoms with Crippen LogP contribution in [-0.4, -0.2) is 36.1 Å². The Balaban J connectivity index is 0.00000140. The van der Waals surface area contributed by atoms with Gasteiger partial charge in [-0.3, -0.25) is 9.69 Å². The van der Waals surface area contributed by atoms with Crippen LogP contribution in [0.2, 0.25) is 0 Å². The van der Waals surface area contributed by atoms with E-state index in [1.807, 2.05) is 31.2 Å². The number of hydrogen-bond acceptors (Lipinski definition) is 5. The van der Waals surface area contributed by atoms with Gasteiger partial charge < -0.3 is 10.1 Å². The van der Waals surface area contributed by atoms with Gasteiger partial charge in [0.1, 0.15) is 17.4 Å². The average molecular weight is 425 g/mol. The highest BCUT2D eigenvalue weighted by molar-refractivity contribution is 6.00. The summed E-state index contributed by atoms with van der Waals surface area (Å²) in [5.41, 5.74) is 2.92. The van der Waals surface area contributed by atoms with Crippen LogP contribution >= 0.6 is 24.8 Å². The first-order valence-electron chi connectivity index (χ1n) is 9.17. The molecule has 1 atom stereocenters. The second-order valence-electron chi connectivity index (χ2n) is 7.02. The van der Waals surface area contributed by atoms with Gasteiger partial charge in [0, 0.05) is 23.7 Å². The normalized spacial score (nSPS) is 18.1. The molecule has 1 aromatic heterocycles. The van der Waals surface area contributed by atoms with Gasteiger partial charge in [-0.25, -0.2) is 9.97 Å². The van der Waals surface area contributed by atoms with Crippen molar-refractivity contribution in [2.24, 2.45) is 0 Å². The lowest BCUT2D eigenvalue weighted by Gasteiger charge is -2.23. The summed E-state index contributed by atoms with van der Waals surface area (Å²) < 4.78 is 5.30. The predicted molar refractivity (Wildman–Crippen MR) is 114 cm³/mol. The molecule has 0 aliphatic carbocycles. The van der Waals surface area contributed by atoms with Crippen molar-refractivity contribution in [3.63, 3.8) is 0 Å². The predicted octanol–water partition coefficient (Wildman–Crippen LogP) is 3.19. The van der Waals surface area contributed by atoms with Crippen LogP contribution in [0.5, 0.6) is 5.75 Å². The zero-order valence-electron chi connectivity index (χ0n) is 16.1. The Kier molecular flexibility index (Phi) is 7.63. The average Bonchev–Trinajstić information content (AvgIpc) is 2.99. The number of piperidine rings is 1. The molecular formula is C20H26Cl2N4O2. The van der Waals surface area contributed by atoms with Crippen LogP contribution in [0, 0.1) is 6.92 Å². The topological polar surface area (TPSA) is 67.3 Å². The van der Waals surface area contributed by atoms with Crippen LogP contribution in [0.25, 0.3) is 0 Å². The van der Waals surface area contributed by atoms with Crippen molar-refractivity contribution in [1.29, 1.82) is 0 Å². The number of nitrogens with zero attached hydrogens (tertiary/aromatic N) is 3. The maximum Gasteiger partial charge on any atom is 0.233 e. The highest BCUT2D eigenvalue weighted by Gasteiger charge is 2.32. The SMILES string of the molecule is COc1cccc(CN2C(=O)Cc3c(C)nc(C4CCCNC4)nc32)c1.Cl.Cl. The Bertz CT molecular complexity index is 841. The molecular weight excluding hydrogens is 399 g/mol. The summed E-state index contributed by atoms with van der Waals surface area (Å²) in [6.07, 6.45) is 2.61. The number of hydrogen-bond donors (Lipinski definition) is 1. The van der Waals surface area contributed by atoms with Crippen molar-refractivity contribution in [2.75, 3.05) is 25.1 Å². The molecule has 4 rings (SSSR count). The first-order chi connectivity index (χ1) is 12.7. The summed E-state index contributed by atoms with van der Waals surface area (Å²) in [6.45, 7) is 4.45. The second kappa shape index (κ2) is 9.54. The molecule has 1 aromatic carbocycles. The Morgan fingerprint density at radius 2 is 2.11 bits per heavy atom. The summed E-state index contributed by atoms with van der Waals surface area (Å²) in [5.74, 6) is 2.84. The molecule has 1 unspecified atom stereocenters. The number of fused-ring (bicyclic) bond motifs is 1. The summed E-state index contributed by atoms with van der Waals surface area (Å²) in [6, 6.07) is 7.82. The number of aryl methyl sites for hydroxylation is 1. The lowest BCUT2D eigenvalue weighted by atomic mass is 9.98. The second-order valence-corrected chi connectivity index (χ2v) is 7.02. The fraction of sp³-hybridized carbons (Fsp3) is 0.450. The number of methoxy groups -OCH3 is 1. The molecule has 28 heavy (non-hydrogen) atoms. The molecule has 8 heteroatoms. The van der Waals surface area contributed by atoms with E-state index in [-0.39, 0.29) is 30.7 Å². The molecule has 1 saturated heterocycles. The molecule has 0 radical (unpaired) electrons. The maximum atomic E-state index is 12.6. The minimum Gasteiger partial charge on any atom is -0.497 e. The number of benzene rings is 1. The van der Waals surface area contributed by atoms with E-state index < -0.39 is 0 Å². The van der Waals surface area contributed by atoms with E-state index in [1.165, 1.54) is 0 Å². The summed E-state index contributed by atoms with van der Waals surface area (Å²) >= 11 is 0. The fourth-order valence-corrected chi connectivity index (χ4v) is 3.77. The molecule has 6 nitrogen and oxygen atoms in total. The number of anilines is 1. The number of amides is 1. The van der Waals surface area contributed by atoms with Crippen molar-refractivity contribution < 1.29 is 9.53 Å². The smallest absolute Gasteiger partial charge is 0.233 e. The fourth-order valence-electron chi connectivity index (χ4n) is 3.77. The lowest BCUT2D eigenvalue weighted by molar-refractivity contribution is -0.117. The van der Waals surface area contributed by atoms with E-state index >= 15 is 0 Å². The third-order valence-corrected chi connectivity index (χ3v) is 5.23. The van der Waals surface area contributed by atoms with Crippen LogP contribution in [0.3, 0.4) is 0 Å². The van der Waals surface area contributed by atoms with Crippen molar-refractivity contribution in [2.45, 2.75) is 38.6 Å². The van der Waals surface area contributed by atoms with Crippen LogP contribution in [0.4, 0.5) is 5.82 Å². The number of nitrogens with one attached hydrogen (secondary N) is 1. The third kappa shape index (κ3) is 4.40. The summed E-state index contributed by atoms with van der Waals surface area (Å²) in [4.78, 5) is 24.0. The van der Waals surface area contributed by atoms with Crippen molar-refractivity contribution in [3.8, 4) is 5.75 Å². The van der Waals surface area contributed by atoms with Crippen LogP contribution in [0.15, 0.2) is 24.3 Å². The molecule has 2 aliphatic heterocycles. The molecule has 2 aromatic rings. The lowest BCUT2D eigenvalue weighted by Crippen LogP contribution is -2.30. The number of carbonyl (C=O) groups is 1. The van der Waals surface area contributed by atoms with E-state index in [1.54, 1.807) is 12.0 Å². The first kappa shape index (κ1) is 22.4. The maximum absolute atomic E-state index is 12.6. The molecule has 1 amide bonds. The molecule has 0 saturated carbocycles. The Labute approximate surface area is 177 Å². The molecule has 1 N–H and O–H groups in total. The Hall–Kier alpha value is -1.89. The minimum atomic E-state index is 0. The number of ether oxygens (including phenoxy) is 1. The summed E-state index contributed by atoms with van der Waals surface area (Å²) in [5, 5.41) is 3.42.